The van der Waals surface area contributed by atoms with Gasteiger partial charge in [0.05, 0.1) is 22.7 Å². The lowest BCUT2D eigenvalue weighted by Gasteiger charge is -2.16. The standard InChI is InChI=1S/C16H15F6N3OS/c1-9-5-10(2)25(24-9)12-4-3-11(13(6-12)15(17,18)19)7-23-14(26)8-27-16(20,21)22/h3-6H,7-8H2,1-2H3,(H,23,26). The highest BCUT2D eigenvalue weighted by Gasteiger charge is 2.34. The number of thioether (sulfide) groups is 1. The number of rotatable bonds is 5. The number of aryl methyl sites for hydroxylation is 2. The van der Waals surface area contributed by atoms with Crippen molar-refractivity contribution in [3.63, 3.8) is 0 Å². The van der Waals surface area contributed by atoms with Crippen LogP contribution < -0.4 is 5.32 Å². The highest BCUT2D eigenvalue weighted by atomic mass is 32.2. The van der Waals surface area contributed by atoms with Crippen molar-refractivity contribution in [1.29, 1.82) is 0 Å². The van der Waals surface area contributed by atoms with Crippen LogP contribution >= 0.6 is 11.8 Å². The van der Waals surface area contributed by atoms with Crippen LogP contribution in [0.4, 0.5) is 26.3 Å². The molecule has 0 saturated heterocycles. The van der Waals surface area contributed by atoms with Gasteiger partial charge in [-0.05, 0) is 49.4 Å². The van der Waals surface area contributed by atoms with Crippen LogP contribution in [0.3, 0.4) is 0 Å². The van der Waals surface area contributed by atoms with Gasteiger partial charge in [-0.25, -0.2) is 4.68 Å². The van der Waals surface area contributed by atoms with Crippen molar-refractivity contribution in [3.8, 4) is 5.69 Å². The van der Waals surface area contributed by atoms with Gasteiger partial charge in [0.2, 0.25) is 5.91 Å². The van der Waals surface area contributed by atoms with Gasteiger partial charge < -0.3 is 5.32 Å². The second-order valence-electron chi connectivity index (χ2n) is 5.69. The van der Waals surface area contributed by atoms with Crippen LogP contribution in [0.1, 0.15) is 22.5 Å². The van der Waals surface area contributed by atoms with Gasteiger partial charge in [-0.3, -0.25) is 4.79 Å². The Hall–Kier alpha value is -2.17. The molecule has 1 amide bonds. The minimum absolute atomic E-state index is 0.190. The number of hydrogen-bond acceptors (Lipinski definition) is 3. The van der Waals surface area contributed by atoms with E-state index in [1.807, 2.05) is 0 Å². The molecule has 0 saturated carbocycles. The number of alkyl halides is 6. The van der Waals surface area contributed by atoms with Crippen molar-refractivity contribution < 1.29 is 31.1 Å². The lowest BCUT2D eigenvalue weighted by molar-refractivity contribution is -0.138. The van der Waals surface area contributed by atoms with Crippen molar-refractivity contribution in [3.05, 3.63) is 46.8 Å². The molecular weight excluding hydrogens is 396 g/mol. The van der Waals surface area contributed by atoms with Crippen molar-refractivity contribution in [2.24, 2.45) is 0 Å². The number of hydrogen-bond donors (Lipinski definition) is 1. The fourth-order valence-electron chi connectivity index (χ4n) is 2.40. The number of amides is 1. The minimum atomic E-state index is -4.70. The first-order valence-electron chi connectivity index (χ1n) is 7.58. The smallest absolute Gasteiger partial charge is 0.351 e. The molecule has 0 atom stereocenters. The molecule has 1 aromatic carbocycles. The Morgan fingerprint density at radius 2 is 1.81 bits per heavy atom. The van der Waals surface area contributed by atoms with E-state index in [4.69, 9.17) is 0 Å². The Morgan fingerprint density at radius 3 is 2.33 bits per heavy atom. The Kier molecular flexibility index (Phi) is 6.13. The summed E-state index contributed by atoms with van der Waals surface area (Å²) in [5.74, 6) is -1.93. The van der Waals surface area contributed by atoms with Crippen molar-refractivity contribution in [2.75, 3.05) is 5.75 Å². The van der Waals surface area contributed by atoms with E-state index < -0.39 is 47.2 Å². The first kappa shape index (κ1) is 21.1. The zero-order chi connectivity index (χ0) is 20.4. The molecule has 0 aliphatic rings. The average molecular weight is 411 g/mol. The van der Waals surface area contributed by atoms with Crippen LogP contribution in [0.25, 0.3) is 5.69 Å². The Labute approximate surface area is 154 Å². The summed E-state index contributed by atoms with van der Waals surface area (Å²) in [7, 11) is 0. The van der Waals surface area contributed by atoms with E-state index in [0.29, 0.717) is 11.4 Å². The van der Waals surface area contributed by atoms with E-state index in [2.05, 4.69) is 10.4 Å². The molecule has 11 heteroatoms. The Bertz CT molecular complexity index is 829. The summed E-state index contributed by atoms with van der Waals surface area (Å²) in [6.07, 6.45) is -4.70. The normalized spacial score (nSPS) is 12.3. The van der Waals surface area contributed by atoms with E-state index >= 15 is 0 Å². The molecule has 0 radical (unpaired) electrons. The Morgan fingerprint density at radius 1 is 1.15 bits per heavy atom. The molecule has 1 heterocycles. The zero-order valence-corrected chi connectivity index (χ0v) is 15.0. The first-order chi connectivity index (χ1) is 12.4. The predicted molar refractivity (Wildman–Crippen MR) is 88.4 cm³/mol. The van der Waals surface area contributed by atoms with Gasteiger partial charge in [0.1, 0.15) is 0 Å². The predicted octanol–water partition coefficient (Wildman–Crippen LogP) is 4.38. The number of nitrogens with zero attached hydrogens (tertiary/aromatic N) is 2. The van der Waals surface area contributed by atoms with Crippen LogP contribution in [-0.4, -0.2) is 26.9 Å². The highest BCUT2D eigenvalue weighted by molar-refractivity contribution is 8.00. The zero-order valence-electron chi connectivity index (χ0n) is 14.2. The maximum atomic E-state index is 13.4. The lowest BCUT2D eigenvalue weighted by Crippen LogP contribution is -2.27. The number of nitrogens with one attached hydrogen (secondary N) is 1. The van der Waals surface area contributed by atoms with Crippen molar-refractivity contribution in [2.45, 2.75) is 32.1 Å². The molecule has 0 bridgehead atoms. The van der Waals surface area contributed by atoms with Gasteiger partial charge in [0.25, 0.3) is 0 Å². The monoisotopic (exact) mass is 411 g/mol. The molecular formula is C16H15F6N3OS. The molecule has 0 unspecified atom stereocenters. The maximum absolute atomic E-state index is 13.4. The summed E-state index contributed by atoms with van der Waals surface area (Å²) in [5, 5.41) is 6.20. The summed E-state index contributed by atoms with van der Waals surface area (Å²) in [6.45, 7) is 2.86. The molecule has 2 rings (SSSR count). The van der Waals surface area contributed by atoms with Gasteiger partial charge in [-0.2, -0.15) is 31.4 Å². The maximum Gasteiger partial charge on any atom is 0.442 e. The van der Waals surface area contributed by atoms with Crippen LogP contribution in [0.5, 0.6) is 0 Å². The van der Waals surface area contributed by atoms with Crippen LogP contribution in [-0.2, 0) is 17.5 Å². The SMILES string of the molecule is Cc1cc(C)n(-c2ccc(CNC(=O)CSC(F)(F)F)c(C(F)(F)F)c2)n1. The van der Waals surface area contributed by atoms with Crippen molar-refractivity contribution >= 4 is 17.7 Å². The number of halogens is 6. The topological polar surface area (TPSA) is 46.9 Å². The quantitative estimate of drug-likeness (QED) is 0.743. The number of benzene rings is 1. The van der Waals surface area contributed by atoms with Crippen LogP contribution in [0.2, 0.25) is 0 Å². The van der Waals surface area contributed by atoms with Gasteiger partial charge >= 0.3 is 11.7 Å². The number of carbonyl (C=O) groups excluding carboxylic acids is 1. The highest BCUT2D eigenvalue weighted by Crippen LogP contribution is 2.34. The summed E-state index contributed by atoms with van der Waals surface area (Å²) in [6, 6.07) is 5.18. The third-order valence-corrected chi connectivity index (χ3v) is 4.23. The van der Waals surface area contributed by atoms with Crippen molar-refractivity contribution in [1.82, 2.24) is 15.1 Å². The largest absolute Gasteiger partial charge is 0.442 e. The van der Waals surface area contributed by atoms with Gasteiger partial charge in [-0.15, -0.1) is 0 Å². The van der Waals surface area contributed by atoms with E-state index in [1.165, 1.54) is 16.8 Å². The fourth-order valence-corrected chi connectivity index (χ4v) is 2.79. The summed E-state index contributed by atoms with van der Waals surface area (Å²) >= 11 is -0.556. The molecule has 0 fully saturated rings. The second-order valence-corrected chi connectivity index (χ2v) is 6.73. The summed E-state index contributed by atoms with van der Waals surface area (Å²) in [5.41, 5.74) is -4.36. The summed E-state index contributed by atoms with van der Waals surface area (Å²) in [4.78, 5) is 11.4. The van der Waals surface area contributed by atoms with E-state index in [-0.39, 0.29) is 11.3 Å². The Balaban J connectivity index is 2.22. The average Bonchev–Trinajstić information content (AvgIpc) is 2.87. The van der Waals surface area contributed by atoms with Gasteiger partial charge in [0.15, 0.2) is 0 Å². The third kappa shape index (κ3) is 5.91. The third-order valence-electron chi connectivity index (χ3n) is 3.50. The second kappa shape index (κ2) is 7.83. The molecule has 0 aliphatic heterocycles. The van der Waals surface area contributed by atoms with E-state index in [9.17, 15) is 31.1 Å². The molecule has 1 N–H and O–H groups in total. The summed E-state index contributed by atoms with van der Waals surface area (Å²) < 4.78 is 77.7. The lowest BCUT2D eigenvalue weighted by atomic mass is 10.1. The molecule has 27 heavy (non-hydrogen) atoms. The van der Waals surface area contributed by atoms with Crippen LogP contribution in [0.15, 0.2) is 24.3 Å². The van der Waals surface area contributed by atoms with E-state index in [1.54, 1.807) is 19.9 Å². The molecule has 0 spiro atoms. The molecule has 148 valence electrons. The number of aromatic nitrogens is 2. The molecule has 2 aromatic rings. The van der Waals surface area contributed by atoms with Gasteiger partial charge in [0, 0.05) is 12.2 Å². The van der Waals surface area contributed by atoms with E-state index in [0.717, 1.165) is 6.07 Å². The minimum Gasteiger partial charge on any atom is -0.351 e. The fraction of sp³-hybridized carbons (Fsp3) is 0.375. The first-order valence-corrected chi connectivity index (χ1v) is 8.56. The molecule has 0 aliphatic carbocycles. The number of carbonyl (C=O) groups is 1. The molecule has 1 aromatic heterocycles. The molecule has 4 nitrogen and oxygen atoms in total. The van der Waals surface area contributed by atoms with Gasteiger partial charge in [-0.1, -0.05) is 6.07 Å². The van der Waals surface area contributed by atoms with Crippen LogP contribution in [0, 0.1) is 13.8 Å².